The molecule has 0 aliphatic carbocycles. The summed E-state index contributed by atoms with van der Waals surface area (Å²) in [6, 6.07) is 7.04. The highest BCUT2D eigenvalue weighted by atomic mass is 16.5. The second kappa shape index (κ2) is 9.65. The van der Waals surface area contributed by atoms with Gasteiger partial charge < -0.3 is 24.6 Å². The van der Waals surface area contributed by atoms with E-state index in [1.807, 2.05) is 24.0 Å². The summed E-state index contributed by atoms with van der Waals surface area (Å²) in [5, 5.41) is 12.2. The molecule has 1 heterocycles. The standard InChI is InChI=1S/C20H26N4O4/c1-14(16-5-6-18(27-3)19(11-16)28-4)22-20(26)17(12-21)13-23-7-9-24(10-8-23)15(2)25/h5-6,11,13-14H,7-10H2,1-4H3,(H,22,26)/b17-13-. The summed E-state index contributed by atoms with van der Waals surface area (Å²) in [5.41, 5.74) is 0.863. The minimum Gasteiger partial charge on any atom is -0.493 e. The number of nitrogens with zero attached hydrogens (tertiary/aromatic N) is 3. The van der Waals surface area contributed by atoms with Crippen LogP contribution in [0, 0.1) is 11.3 Å². The van der Waals surface area contributed by atoms with E-state index in [9.17, 15) is 14.9 Å². The Labute approximate surface area is 165 Å². The van der Waals surface area contributed by atoms with Crippen LogP contribution in [0.25, 0.3) is 0 Å². The van der Waals surface area contributed by atoms with E-state index in [1.165, 1.54) is 6.92 Å². The normalized spacial score (nSPS) is 15.5. The minimum absolute atomic E-state index is 0.0311. The highest BCUT2D eigenvalue weighted by molar-refractivity contribution is 5.97. The number of nitriles is 1. The summed E-state index contributed by atoms with van der Waals surface area (Å²) >= 11 is 0. The first-order chi connectivity index (χ1) is 13.4. The highest BCUT2D eigenvalue weighted by Gasteiger charge is 2.20. The Kier molecular flexibility index (Phi) is 7.27. The number of nitrogens with one attached hydrogen (secondary N) is 1. The van der Waals surface area contributed by atoms with Crippen LogP contribution in [-0.4, -0.2) is 62.0 Å². The second-order valence-electron chi connectivity index (χ2n) is 6.51. The van der Waals surface area contributed by atoms with Crippen molar-refractivity contribution in [3.8, 4) is 17.6 Å². The van der Waals surface area contributed by atoms with Crippen LogP contribution in [0.5, 0.6) is 11.5 Å². The van der Waals surface area contributed by atoms with E-state index < -0.39 is 5.91 Å². The van der Waals surface area contributed by atoms with Crippen LogP contribution in [0.1, 0.15) is 25.5 Å². The van der Waals surface area contributed by atoms with Gasteiger partial charge in [-0.25, -0.2) is 0 Å². The second-order valence-corrected chi connectivity index (χ2v) is 6.51. The molecule has 1 aromatic carbocycles. The molecule has 0 saturated carbocycles. The van der Waals surface area contributed by atoms with Gasteiger partial charge in [0, 0.05) is 39.3 Å². The van der Waals surface area contributed by atoms with Crippen molar-refractivity contribution >= 4 is 11.8 Å². The fourth-order valence-corrected chi connectivity index (χ4v) is 2.97. The Morgan fingerprint density at radius 3 is 2.36 bits per heavy atom. The lowest BCUT2D eigenvalue weighted by atomic mass is 10.1. The predicted octanol–water partition coefficient (Wildman–Crippen LogP) is 1.45. The zero-order valence-electron chi connectivity index (χ0n) is 16.7. The van der Waals surface area contributed by atoms with Crippen LogP contribution in [-0.2, 0) is 9.59 Å². The molecule has 0 bridgehead atoms. The van der Waals surface area contributed by atoms with Gasteiger partial charge in [0.05, 0.1) is 20.3 Å². The van der Waals surface area contributed by atoms with Gasteiger partial charge in [-0.2, -0.15) is 5.26 Å². The first-order valence-electron chi connectivity index (χ1n) is 9.03. The van der Waals surface area contributed by atoms with Gasteiger partial charge in [-0.05, 0) is 24.6 Å². The maximum absolute atomic E-state index is 12.5. The Morgan fingerprint density at radius 2 is 1.82 bits per heavy atom. The van der Waals surface area contributed by atoms with Gasteiger partial charge in [0.25, 0.3) is 5.91 Å². The van der Waals surface area contributed by atoms with Gasteiger partial charge in [-0.3, -0.25) is 9.59 Å². The summed E-state index contributed by atoms with van der Waals surface area (Å²) in [6.45, 7) is 5.70. The zero-order valence-corrected chi connectivity index (χ0v) is 16.7. The Bertz CT molecular complexity index is 792. The van der Waals surface area contributed by atoms with E-state index in [-0.39, 0.29) is 17.5 Å². The molecule has 0 aromatic heterocycles. The van der Waals surface area contributed by atoms with E-state index in [0.717, 1.165) is 5.56 Å². The summed E-state index contributed by atoms with van der Waals surface area (Å²) in [6.07, 6.45) is 1.56. The number of rotatable bonds is 6. The largest absolute Gasteiger partial charge is 0.493 e. The minimum atomic E-state index is -0.446. The molecule has 2 amide bonds. The van der Waals surface area contributed by atoms with Crippen molar-refractivity contribution < 1.29 is 19.1 Å². The molecule has 2 rings (SSSR count). The quantitative estimate of drug-likeness (QED) is 0.587. The molecular formula is C20H26N4O4. The lowest BCUT2D eigenvalue weighted by Crippen LogP contribution is -2.46. The number of hydrogen-bond acceptors (Lipinski definition) is 6. The third-order valence-electron chi connectivity index (χ3n) is 4.69. The summed E-state index contributed by atoms with van der Waals surface area (Å²) in [7, 11) is 3.11. The third-order valence-corrected chi connectivity index (χ3v) is 4.69. The van der Waals surface area contributed by atoms with Crippen molar-refractivity contribution in [2.45, 2.75) is 19.9 Å². The SMILES string of the molecule is COc1ccc(C(C)NC(=O)/C(C#N)=C\N2CCN(C(C)=O)CC2)cc1OC. The van der Waals surface area contributed by atoms with Crippen LogP contribution in [0.15, 0.2) is 30.0 Å². The molecule has 1 saturated heterocycles. The molecule has 1 aliphatic rings. The van der Waals surface area contributed by atoms with Crippen LogP contribution in [0.3, 0.4) is 0 Å². The van der Waals surface area contributed by atoms with Gasteiger partial charge in [0.1, 0.15) is 11.6 Å². The molecule has 1 fully saturated rings. The van der Waals surface area contributed by atoms with E-state index in [4.69, 9.17) is 9.47 Å². The fraction of sp³-hybridized carbons (Fsp3) is 0.450. The lowest BCUT2D eigenvalue weighted by Gasteiger charge is -2.33. The van der Waals surface area contributed by atoms with Gasteiger partial charge in [0.2, 0.25) is 5.91 Å². The Hall–Kier alpha value is -3.21. The van der Waals surface area contributed by atoms with Crippen molar-refractivity contribution in [1.82, 2.24) is 15.1 Å². The Balaban J connectivity index is 2.03. The number of benzene rings is 1. The van der Waals surface area contributed by atoms with Crippen LogP contribution in [0.4, 0.5) is 0 Å². The van der Waals surface area contributed by atoms with Gasteiger partial charge in [0.15, 0.2) is 11.5 Å². The molecule has 1 aliphatic heterocycles. The van der Waals surface area contributed by atoms with Crippen molar-refractivity contribution in [1.29, 1.82) is 5.26 Å². The topological polar surface area (TPSA) is 94.9 Å². The first-order valence-corrected chi connectivity index (χ1v) is 9.03. The summed E-state index contributed by atoms with van der Waals surface area (Å²) in [5.74, 6) is 0.761. The number of hydrogen-bond donors (Lipinski definition) is 1. The number of amides is 2. The van der Waals surface area contributed by atoms with Crippen LogP contribution < -0.4 is 14.8 Å². The van der Waals surface area contributed by atoms with E-state index >= 15 is 0 Å². The lowest BCUT2D eigenvalue weighted by molar-refractivity contribution is -0.130. The molecule has 1 N–H and O–H groups in total. The Morgan fingerprint density at radius 1 is 1.18 bits per heavy atom. The van der Waals surface area contributed by atoms with Crippen molar-refractivity contribution in [2.24, 2.45) is 0 Å². The number of ether oxygens (including phenoxy) is 2. The maximum Gasteiger partial charge on any atom is 0.263 e. The molecule has 8 nitrogen and oxygen atoms in total. The predicted molar refractivity (Wildman–Crippen MR) is 104 cm³/mol. The molecule has 8 heteroatoms. The van der Waals surface area contributed by atoms with E-state index in [2.05, 4.69) is 5.32 Å². The fourth-order valence-electron chi connectivity index (χ4n) is 2.97. The summed E-state index contributed by atoms with van der Waals surface area (Å²) < 4.78 is 10.5. The van der Waals surface area contributed by atoms with Crippen LogP contribution >= 0.6 is 0 Å². The van der Waals surface area contributed by atoms with Crippen molar-refractivity contribution in [3.05, 3.63) is 35.5 Å². The highest BCUT2D eigenvalue weighted by Crippen LogP contribution is 2.29. The van der Waals surface area contributed by atoms with Gasteiger partial charge >= 0.3 is 0 Å². The smallest absolute Gasteiger partial charge is 0.263 e. The van der Waals surface area contributed by atoms with E-state index in [1.54, 1.807) is 37.5 Å². The third kappa shape index (κ3) is 5.16. The van der Waals surface area contributed by atoms with Crippen molar-refractivity contribution in [2.75, 3.05) is 40.4 Å². The van der Waals surface area contributed by atoms with E-state index in [0.29, 0.717) is 37.7 Å². The zero-order chi connectivity index (χ0) is 20.7. The molecule has 1 aromatic rings. The number of methoxy groups -OCH3 is 2. The molecular weight excluding hydrogens is 360 g/mol. The maximum atomic E-state index is 12.5. The number of carbonyl (C=O) groups excluding carboxylic acids is 2. The average Bonchev–Trinajstić information content (AvgIpc) is 2.71. The molecule has 0 spiro atoms. The van der Waals surface area contributed by atoms with Crippen LogP contribution in [0.2, 0.25) is 0 Å². The van der Waals surface area contributed by atoms with Gasteiger partial charge in [-0.1, -0.05) is 6.07 Å². The molecule has 150 valence electrons. The number of carbonyl (C=O) groups is 2. The van der Waals surface area contributed by atoms with Crippen molar-refractivity contribution in [3.63, 3.8) is 0 Å². The number of piperazine rings is 1. The molecule has 1 atom stereocenters. The monoisotopic (exact) mass is 386 g/mol. The first kappa shape index (κ1) is 21.1. The molecule has 28 heavy (non-hydrogen) atoms. The molecule has 0 radical (unpaired) electrons. The molecule has 1 unspecified atom stereocenters. The van der Waals surface area contributed by atoms with Gasteiger partial charge in [-0.15, -0.1) is 0 Å². The average molecular weight is 386 g/mol. The summed E-state index contributed by atoms with van der Waals surface area (Å²) in [4.78, 5) is 27.6.